The van der Waals surface area contributed by atoms with E-state index in [9.17, 15) is 9.59 Å². The highest BCUT2D eigenvalue weighted by atomic mass is 79.9. The van der Waals surface area contributed by atoms with E-state index in [1.807, 2.05) is 42.5 Å². The number of aromatic nitrogens is 1. The van der Waals surface area contributed by atoms with E-state index in [1.54, 1.807) is 29.1 Å². The van der Waals surface area contributed by atoms with Gasteiger partial charge in [-0.05, 0) is 16.8 Å². The number of Topliss-reactive ketones (excluding diaryl/α,β-unsaturated/α-hetero) is 2. The molecule has 0 saturated carbocycles. The molecule has 3 rings (SSSR count). The number of halogens is 1. The molecule has 0 saturated heterocycles. The Balaban J connectivity index is 0.00000208. The second kappa shape index (κ2) is 7.95. The third-order valence-electron chi connectivity index (χ3n) is 3.80. The largest absolute Gasteiger partial charge is 1.00 e. The van der Waals surface area contributed by atoms with Gasteiger partial charge >= 0.3 is 0 Å². The van der Waals surface area contributed by atoms with Crippen LogP contribution in [0.4, 0.5) is 0 Å². The summed E-state index contributed by atoms with van der Waals surface area (Å²) in [6.07, 6.45) is 3.45. The molecule has 5 heteroatoms. The van der Waals surface area contributed by atoms with Gasteiger partial charge in [-0.1, -0.05) is 36.4 Å². The molecular formula is C19H17BrN2O2. The van der Waals surface area contributed by atoms with E-state index in [0.717, 1.165) is 10.8 Å². The van der Waals surface area contributed by atoms with Crippen LogP contribution in [0.3, 0.4) is 0 Å². The fourth-order valence-electron chi connectivity index (χ4n) is 2.49. The Labute approximate surface area is 150 Å². The van der Waals surface area contributed by atoms with Crippen LogP contribution in [-0.2, 0) is 6.54 Å². The molecule has 2 aromatic carbocycles. The van der Waals surface area contributed by atoms with Crippen LogP contribution in [0.1, 0.15) is 20.7 Å². The molecule has 122 valence electrons. The normalized spacial score (nSPS) is 10.2. The van der Waals surface area contributed by atoms with Crippen molar-refractivity contribution in [3.8, 4) is 0 Å². The monoisotopic (exact) mass is 384 g/mol. The smallest absolute Gasteiger partial charge is 0.227 e. The lowest BCUT2D eigenvalue weighted by atomic mass is 10.0. The van der Waals surface area contributed by atoms with E-state index >= 15 is 0 Å². The SMILES string of the molecule is NCC(=O)c1cc[n+](CC(=O)c2ccc3ccccc3c2)cc1.[Br-]. The molecule has 1 aromatic heterocycles. The van der Waals surface area contributed by atoms with Crippen LogP contribution in [0.2, 0.25) is 0 Å². The zero-order valence-corrected chi connectivity index (χ0v) is 14.6. The number of pyridine rings is 1. The Bertz CT molecular complexity index is 876. The lowest BCUT2D eigenvalue weighted by molar-refractivity contribution is -0.683. The van der Waals surface area contributed by atoms with E-state index in [0.29, 0.717) is 11.1 Å². The molecule has 3 aromatic rings. The molecule has 0 bridgehead atoms. The Morgan fingerprint density at radius 2 is 1.50 bits per heavy atom. The van der Waals surface area contributed by atoms with Gasteiger partial charge in [0, 0.05) is 23.3 Å². The maximum Gasteiger partial charge on any atom is 0.227 e. The average Bonchev–Trinajstić information content (AvgIpc) is 2.61. The van der Waals surface area contributed by atoms with Crippen LogP contribution in [0.5, 0.6) is 0 Å². The highest BCUT2D eigenvalue weighted by molar-refractivity contribution is 5.99. The summed E-state index contributed by atoms with van der Waals surface area (Å²) in [6, 6.07) is 17.0. The van der Waals surface area contributed by atoms with E-state index in [-0.39, 0.29) is 41.6 Å². The first-order valence-electron chi connectivity index (χ1n) is 7.42. The van der Waals surface area contributed by atoms with Crippen LogP contribution in [0, 0.1) is 0 Å². The molecule has 0 fully saturated rings. The average molecular weight is 385 g/mol. The molecule has 0 aliphatic carbocycles. The quantitative estimate of drug-likeness (QED) is 0.460. The fourth-order valence-corrected chi connectivity index (χ4v) is 2.49. The Hall–Kier alpha value is -2.37. The standard InChI is InChI=1S/C19H17N2O2.BrH/c20-12-18(22)15-7-9-21(10-8-15)13-19(23)17-6-5-14-3-1-2-4-16(14)11-17;/h1-11H,12-13,20H2;1H/q+1;/p-1. The van der Waals surface area contributed by atoms with Crippen molar-refractivity contribution in [3.63, 3.8) is 0 Å². The van der Waals surface area contributed by atoms with Gasteiger partial charge < -0.3 is 22.7 Å². The zero-order valence-electron chi connectivity index (χ0n) is 13.0. The van der Waals surface area contributed by atoms with Gasteiger partial charge in [-0.3, -0.25) is 9.59 Å². The maximum atomic E-state index is 12.4. The van der Waals surface area contributed by atoms with E-state index in [2.05, 4.69) is 0 Å². The first kappa shape index (κ1) is 18.0. The van der Waals surface area contributed by atoms with Crippen molar-refractivity contribution in [3.05, 3.63) is 78.1 Å². The number of ketones is 2. The number of carbonyl (C=O) groups is 2. The van der Waals surface area contributed by atoms with E-state index in [4.69, 9.17) is 5.73 Å². The van der Waals surface area contributed by atoms with Gasteiger partial charge in [-0.2, -0.15) is 4.57 Å². The first-order chi connectivity index (χ1) is 11.2. The van der Waals surface area contributed by atoms with Gasteiger partial charge in [-0.15, -0.1) is 0 Å². The molecule has 0 atom stereocenters. The second-order valence-electron chi connectivity index (χ2n) is 5.37. The Morgan fingerprint density at radius 1 is 0.833 bits per heavy atom. The van der Waals surface area contributed by atoms with Crippen molar-refractivity contribution in [2.75, 3.05) is 6.54 Å². The van der Waals surface area contributed by atoms with Crippen molar-refractivity contribution in [2.45, 2.75) is 6.54 Å². The summed E-state index contributed by atoms with van der Waals surface area (Å²) in [5, 5.41) is 2.16. The highest BCUT2D eigenvalue weighted by Gasteiger charge is 2.13. The molecule has 0 aliphatic heterocycles. The number of nitrogens with two attached hydrogens (primary N) is 1. The van der Waals surface area contributed by atoms with Crippen LogP contribution >= 0.6 is 0 Å². The van der Waals surface area contributed by atoms with E-state index in [1.165, 1.54) is 0 Å². The van der Waals surface area contributed by atoms with Gasteiger partial charge in [0.05, 0.1) is 6.54 Å². The summed E-state index contributed by atoms with van der Waals surface area (Å²) in [5.74, 6) is -0.0864. The number of benzene rings is 2. The van der Waals surface area contributed by atoms with Gasteiger partial charge in [0.1, 0.15) is 0 Å². The number of hydrogen-bond acceptors (Lipinski definition) is 3. The summed E-state index contributed by atoms with van der Waals surface area (Å²) in [5.41, 5.74) is 6.57. The molecule has 2 N–H and O–H groups in total. The molecule has 0 aliphatic rings. The molecule has 1 heterocycles. The van der Waals surface area contributed by atoms with Gasteiger partial charge in [0.2, 0.25) is 12.3 Å². The molecular weight excluding hydrogens is 368 g/mol. The summed E-state index contributed by atoms with van der Waals surface area (Å²) < 4.78 is 1.75. The number of hydrogen-bond donors (Lipinski definition) is 1. The fraction of sp³-hybridized carbons (Fsp3) is 0.105. The third-order valence-corrected chi connectivity index (χ3v) is 3.80. The molecule has 0 spiro atoms. The number of rotatable bonds is 5. The predicted molar refractivity (Wildman–Crippen MR) is 88.3 cm³/mol. The second-order valence-corrected chi connectivity index (χ2v) is 5.37. The van der Waals surface area contributed by atoms with Crippen LogP contribution in [-0.4, -0.2) is 18.1 Å². The maximum absolute atomic E-state index is 12.4. The summed E-state index contributed by atoms with van der Waals surface area (Å²) in [7, 11) is 0. The zero-order chi connectivity index (χ0) is 16.2. The van der Waals surface area contributed by atoms with Crippen molar-refractivity contribution < 1.29 is 31.1 Å². The predicted octanol–water partition coefficient (Wildman–Crippen LogP) is -0.844. The summed E-state index contributed by atoms with van der Waals surface area (Å²) >= 11 is 0. The van der Waals surface area contributed by atoms with Crippen molar-refractivity contribution in [1.82, 2.24) is 0 Å². The van der Waals surface area contributed by atoms with Gasteiger partial charge in [0.15, 0.2) is 18.2 Å². The number of nitrogens with zero attached hydrogens (tertiary/aromatic N) is 1. The Morgan fingerprint density at radius 3 is 2.17 bits per heavy atom. The van der Waals surface area contributed by atoms with Crippen molar-refractivity contribution >= 4 is 22.3 Å². The summed E-state index contributed by atoms with van der Waals surface area (Å²) in [4.78, 5) is 23.9. The highest BCUT2D eigenvalue weighted by Crippen LogP contribution is 2.16. The lowest BCUT2D eigenvalue weighted by Crippen LogP contribution is -3.00. The molecule has 0 radical (unpaired) electrons. The molecule has 0 amide bonds. The van der Waals surface area contributed by atoms with Crippen molar-refractivity contribution in [2.24, 2.45) is 5.73 Å². The topological polar surface area (TPSA) is 64.0 Å². The molecule has 4 nitrogen and oxygen atoms in total. The minimum absolute atomic E-state index is 0. The molecule has 24 heavy (non-hydrogen) atoms. The summed E-state index contributed by atoms with van der Waals surface area (Å²) in [6.45, 7) is 0.218. The van der Waals surface area contributed by atoms with Crippen LogP contribution < -0.4 is 27.3 Å². The van der Waals surface area contributed by atoms with E-state index < -0.39 is 0 Å². The van der Waals surface area contributed by atoms with Gasteiger partial charge in [0.25, 0.3) is 0 Å². The van der Waals surface area contributed by atoms with Crippen LogP contribution in [0.15, 0.2) is 67.0 Å². The Kier molecular flexibility index (Phi) is 5.95. The van der Waals surface area contributed by atoms with Crippen molar-refractivity contribution in [1.29, 1.82) is 0 Å². The minimum Gasteiger partial charge on any atom is -1.00 e. The van der Waals surface area contributed by atoms with Crippen LogP contribution in [0.25, 0.3) is 10.8 Å². The lowest BCUT2D eigenvalue weighted by Gasteiger charge is -2.02. The number of fused-ring (bicyclic) bond motifs is 1. The first-order valence-corrected chi connectivity index (χ1v) is 7.42. The minimum atomic E-state index is -0.113. The molecule has 0 unspecified atom stereocenters. The van der Waals surface area contributed by atoms with Gasteiger partial charge in [-0.25, -0.2) is 0 Å². The number of carbonyl (C=O) groups excluding carboxylic acids is 2. The third kappa shape index (κ3) is 3.93.